The Kier molecular flexibility index (Phi) is 6.85. The Bertz CT molecular complexity index is 1050. The SMILES string of the molecule is CCOc1ccc(S(=O)(=O)N2CCN(c3nc(C)cc(N4CCCCC4)n3)CC2)cc1C. The summed E-state index contributed by atoms with van der Waals surface area (Å²) in [6, 6.07) is 7.12. The number of aryl methyl sites for hydroxylation is 2. The van der Waals surface area contributed by atoms with E-state index in [4.69, 9.17) is 9.72 Å². The van der Waals surface area contributed by atoms with Gasteiger partial charge in [-0.2, -0.15) is 9.29 Å². The predicted molar refractivity (Wildman–Crippen MR) is 126 cm³/mol. The molecule has 174 valence electrons. The average molecular weight is 460 g/mol. The molecule has 0 unspecified atom stereocenters. The number of aromatic nitrogens is 2. The number of rotatable bonds is 6. The zero-order valence-corrected chi connectivity index (χ0v) is 20.1. The first kappa shape index (κ1) is 22.8. The van der Waals surface area contributed by atoms with E-state index >= 15 is 0 Å². The summed E-state index contributed by atoms with van der Waals surface area (Å²) in [7, 11) is -3.55. The van der Waals surface area contributed by atoms with E-state index in [0.717, 1.165) is 35.9 Å². The van der Waals surface area contributed by atoms with E-state index in [-0.39, 0.29) is 0 Å². The van der Waals surface area contributed by atoms with Gasteiger partial charge in [-0.05, 0) is 63.8 Å². The van der Waals surface area contributed by atoms with Crippen LogP contribution in [0.1, 0.15) is 37.4 Å². The molecule has 0 radical (unpaired) electrons. The van der Waals surface area contributed by atoms with Gasteiger partial charge in [-0.25, -0.2) is 13.4 Å². The van der Waals surface area contributed by atoms with Crippen LogP contribution < -0.4 is 14.5 Å². The number of sulfonamides is 1. The molecule has 2 saturated heterocycles. The van der Waals surface area contributed by atoms with Crippen molar-refractivity contribution >= 4 is 21.8 Å². The minimum Gasteiger partial charge on any atom is -0.494 e. The molecule has 0 bridgehead atoms. The minimum absolute atomic E-state index is 0.311. The van der Waals surface area contributed by atoms with Gasteiger partial charge in [-0.15, -0.1) is 0 Å². The van der Waals surface area contributed by atoms with E-state index < -0.39 is 10.0 Å². The molecular formula is C23H33N5O3S. The van der Waals surface area contributed by atoms with Crippen molar-refractivity contribution in [2.75, 3.05) is 55.7 Å². The quantitative estimate of drug-likeness (QED) is 0.657. The number of ether oxygens (including phenoxy) is 1. The molecular weight excluding hydrogens is 426 g/mol. The van der Waals surface area contributed by atoms with Gasteiger partial charge >= 0.3 is 0 Å². The predicted octanol–water partition coefficient (Wildman–Crippen LogP) is 2.99. The number of nitrogens with zero attached hydrogens (tertiary/aromatic N) is 5. The van der Waals surface area contributed by atoms with Gasteiger partial charge in [-0.1, -0.05) is 0 Å². The molecule has 4 rings (SSSR count). The molecule has 0 saturated carbocycles. The first-order valence-electron chi connectivity index (χ1n) is 11.5. The molecule has 2 aromatic rings. The number of benzene rings is 1. The lowest BCUT2D eigenvalue weighted by atomic mass is 10.1. The Hall–Kier alpha value is -2.39. The molecule has 2 aliphatic heterocycles. The minimum atomic E-state index is -3.55. The zero-order valence-electron chi connectivity index (χ0n) is 19.2. The second kappa shape index (κ2) is 9.62. The van der Waals surface area contributed by atoms with E-state index in [0.29, 0.717) is 43.6 Å². The standard InChI is InChI=1S/C23H33N5O3S/c1-4-31-21-9-8-20(16-18(21)2)32(29,30)28-14-12-27(13-15-28)23-24-19(3)17-22(25-23)26-10-6-5-7-11-26/h8-9,16-17H,4-7,10-15H2,1-3H3. The van der Waals surface area contributed by atoms with E-state index in [1.165, 1.54) is 19.3 Å². The van der Waals surface area contributed by atoms with Crippen LogP contribution in [0.2, 0.25) is 0 Å². The van der Waals surface area contributed by atoms with Crippen molar-refractivity contribution in [3.05, 3.63) is 35.5 Å². The Morgan fingerprint density at radius 1 is 0.906 bits per heavy atom. The molecule has 32 heavy (non-hydrogen) atoms. The summed E-state index contributed by atoms with van der Waals surface area (Å²) in [5, 5.41) is 0. The summed E-state index contributed by atoms with van der Waals surface area (Å²) in [5.41, 5.74) is 1.76. The monoisotopic (exact) mass is 459 g/mol. The van der Waals surface area contributed by atoms with Crippen LogP contribution in [0.25, 0.3) is 0 Å². The van der Waals surface area contributed by atoms with Gasteiger partial charge in [0.1, 0.15) is 11.6 Å². The summed E-state index contributed by atoms with van der Waals surface area (Å²) in [6.07, 6.45) is 3.66. The molecule has 8 nitrogen and oxygen atoms in total. The Labute approximate surface area is 191 Å². The van der Waals surface area contributed by atoms with Gasteiger partial charge < -0.3 is 14.5 Å². The number of hydrogen-bond acceptors (Lipinski definition) is 7. The molecule has 3 heterocycles. The molecule has 9 heteroatoms. The second-order valence-corrected chi connectivity index (χ2v) is 10.4. The Morgan fingerprint density at radius 2 is 1.62 bits per heavy atom. The second-order valence-electron chi connectivity index (χ2n) is 8.47. The molecule has 0 aliphatic carbocycles. The number of hydrogen-bond donors (Lipinski definition) is 0. The maximum Gasteiger partial charge on any atom is 0.243 e. The van der Waals surface area contributed by atoms with Crippen molar-refractivity contribution < 1.29 is 13.2 Å². The largest absolute Gasteiger partial charge is 0.494 e. The van der Waals surface area contributed by atoms with Gasteiger partial charge in [0.25, 0.3) is 0 Å². The van der Waals surface area contributed by atoms with Gasteiger partial charge in [0, 0.05) is 51.0 Å². The van der Waals surface area contributed by atoms with Crippen LogP contribution >= 0.6 is 0 Å². The topological polar surface area (TPSA) is 78.9 Å². The first-order valence-corrected chi connectivity index (χ1v) is 12.9. The fraction of sp³-hybridized carbons (Fsp3) is 0.565. The van der Waals surface area contributed by atoms with Crippen molar-refractivity contribution in [3.8, 4) is 5.75 Å². The molecule has 0 atom stereocenters. The summed E-state index contributed by atoms with van der Waals surface area (Å²) in [4.78, 5) is 14.2. The fourth-order valence-electron chi connectivity index (χ4n) is 4.34. The molecule has 2 fully saturated rings. The molecule has 1 aromatic carbocycles. The van der Waals surface area contributed by atoms with E-state index in [2.05, 4.69) is 14.8 Å². The smallest absolute Gasteiger partial charge is 0.243 e. The lowest BCUT2D eigenvalue weighted by molar-refractivity contribution is 0.337. The van der Waals surface area contributed by atoms with Crippen LogP contribution in [-0.4, -0.2) is 68.6 Å². The lowest BCUT2D eigenvalue weighted by Crippen LogP contribution is -2.49. The summed E-state index contributed by atoms with van der Waals surface area (Å²) >= 11 is 0. The maximum absolute atomic E-state index is 13.2. The third kappa shape index (κ3) is 4.83. The van der Waals surface area contributed by atoms with Crippen molar-refractivity contribution in [3.63, 3.8) is 0 Å². The van der Waals surface area contributed by atoms with Crippen molar-refractivity contribution in [2.45, 2.75) is 44.9 Å². The van der Waals surface area contributed by atoms with Crippen LogP contribution in [0.5, 0.6) is 5.75 Å². The number of piperazine rings is 1. The van der Waals surface area contributed by atoms with Gasteiger partial charge in [-0.3, -0.25) is 0 Å². The van der Waals surface area contributed by atoms with Crippen LogP contribution in [0.3, 0.4) is 0 Å². The first-order chi connectivity index (χ1) is 15.4. The van der Waals surface area contributed by atoms with Gasteiger partial charge in [0.05, 0.1) is 11.5 Å². The molecule has 2 aliphatic rings. The lowest BCUT2D eigenvalue weighted by Gasteiger charge is -2.35. The normalized spacial score (nSPS) is 18.1. The highest BCUT2D eigenvalue weighted by atomic mass is 32.2. The van der Waals surface area contributed by atoms with Crippen LogP contribution in [-0.2, 0) is 10.0 Å². The third-order valence-corrected chi connectivity index (χ3v) is 8.01. The van der Waals surface area contributed by atoms with Gasteiger partial charge in [0.2, 0.25) is 16.0 Å². The van der Waals surface area contributed by atoms with Crippen LogP contribution in [0, 0.1) is 13.8 Å². The Balaban J connectivity index is 1.46. The average Bonchev–Trinajstić information content (AvgIpc) is 2.81. The van der Waals surface area contributed by atoms with Crippen molar-refractivity contribution in [1.29, 1.82) is 0 Å². The Morgan fingerprint density at radius 3 is 2.28 bits per heavy atom. The molecule has 1 aromatic heterocycles. The van der Waals surface area contributed by atoms with Crippen LogP contribution in [0.4, 0.5) is 11.8 Å². The van der Waals surface area contributed by atoms with Crippen molar-refractivity contribution in [1.82, 2.24) is 14.3 Å². The zero-order chi connectivity index (χ0) is 22.7. The summed E-state index contributed by atoms with van der Waals surface area (Å²) in [6.45, 7) is 10.3. The molecule has 0 amide bonds. The van der Waals surface area contributed by atoms with Crippen LogP contribution in [0.15, 0.2) is 29.2 Å². The highest BCUT2D eigenvalue weighted by Gasteiger charge is 2.30. The van der Waals surface area contributed by atoms with E-state index in [1.807, 2.05) is 26.8 Å². The maximum atomic E-state index is 13.2. The van der Waals surface area contributed by atoms with Gasteiger partial charge in [0.15, 0.2) is 0 Å². The fourth-order valence-corrected chi connectivity index (χ4v) is 5.85. The van der Waals surface area contributed by atoms with E-state index in [9.17, 15) is 8.42 Å². The third-order valence-electron chi connectivity index (χ3n) is 6.11. The van der Waals surface area contributed by atoms with E-state index in [1.54, 1.807) is 22.5 Å². The summed E-state index contributed by atoms with van der Waals surface area (Å²) < 4.78 is 33.5. The van der Waals surface area contributed by atoms with Crippen molar-refractivity contribution in [2.24, 2.45) is 0 Å². The number of piperidine rings is 1. The molecule has 0 spiro atoms. The molecule has 0 N–H and O–H groups in total. The summed E-state index contributed by atoms with van der Waals surface area (Å²) in [5.74, 6) is 2.39. The highest BCUT2D eigenvalue weighted by Crippen LogP contribution is 2.26. The number of anilines is 2. The highest BCUT2D eigenvalue weighted by molar-refractivity contribution is 7.89.